The summed E-state index contributed by atoms with van der Waals surface area (Å²) in [5.74, 6) is 0. The third kappa shape index (κ3) is 4.23. The van der Waals surface area contributed by atoms with Crippen molar-refractivity contribution in [2.75, 3.05) is 13.6 Å². The third-order valence-corrected chi connectivity index (χ3v) is 4.82. The third-order valence-electron chi connectivity index (χ3n) is 4.82. The van der Waals surface area contributed by atoms with E-state index < -0.39 is 0 Å². The smallest absolute Gasteiger partial charge is 0.0890 e. The normalized spacial score (nSPS) is 20.1. The fraction of sp³-hybridized carbons (Fsp3) is 0.381. The molecule has 5 heteroatoms. The van der Waals surface area contributed by atoms with Crippen LogP contribution in [0.3, 0.4) is 0 Å². The van der Waals surface area contributed by atoms with Crippen LogP contribution in [0.4, 0.5) is 0 Å². The first-order valence-electron chi connectivity index (χ1n) is 9.20. The molecule has 1 aliphatic heterocycles. The average Bonchev–Trinajstić information content (AvgIpc) is 3.09. The fourth-order valence-corrected chi connectivity index (χ4v) is 3.61. The first kappa shape index (κ1) is 17.1. The van der Waals surface area contributed by atoms with Crippen molar-refractivity contribution in [3.63, 3.8) is 0 Å². The van der Waals surface area contributed by atoms with E-state index in [9.17, 15) is 0 Å². The molecule has 3 heterocycles. The molecule has 1 saturated heterocycles. The Balaban J connectivity index is 1.30. The molecular weight excluding hydrogens is 324 g/mol. The molecule has 0 unspecified atom stereocenters. The second-order valence-electron chi connectivity index (χ2n) is 7.07. The number of aromatic nitrogens is 3. The number of nitrogens with zero attached hydrogens (tertiary/aromatic N) is 4. The molecule has 0 N–H and O–H groups in total. The minimum absolute atomic E-state index is 0.238. The Hall–Kier alpha value is -2.37. The fourth-order valence-electron chi connectivity index (χ4n) is 3.61. The van der Waals surface area contributed by atoms with Gasteiger partial charge in [-0.2, -0.15) is 0 Å². The van der Waals surface area contributed by atoms with Gasteiger partial charge in [0.05, 0.1) is 28.9 Å². The summed E-state index contributed by atoms with van der Waals surface area (Å²) < 4.78 is 6.26. The molecule has 0 amide bonds. The molecule has 2 atom stereocenters. The topological polar surface area (TPSA) is 51.1 Å². The van der Waals surface area contributed by atoms with Gasteiger partial charge >= 0.3 is 0 Å². The predicted octanol–water partition coefficient (Wildman–Crippen LogP) is 3.25. The molecule has 1 fully saturated rings. The standard InChI is InChI=1S/C21H24N4O/c1-25(14-16-5-4-10-22-12-16)15-19-9-8-18(26-19)11-17-13-23-20-6-2-3-7-21(20)24-17/h2-7,10,12-13,18-19H,8-9,11,14-15H2,1H3/t18-,19+/m0/s1. The van der Waals surface area contributed by atoms with E-state index in [-0.39, 0.29) is 12.2 Å². The van der Waals surface area contributed by atoms with Crippen LogP contribution in [0.15, 0.2) is 55.0 Å². The number of benzene rings is 1. The van der Waals surface area contributed by atoms with Gasteiger partial charge in [0.2, 0.25) is 0 Å². The van der Waals surface area contributed by atoms with Crippen LogP contribution in [-0.2, 0) is 17.7 Å². The number of hydrogen-bond donors (Lipinski definition) is 0. The average molecular weight is 348 g/mol. The van der Waals surface area contributed by atoms with Crippen LogP contribution in [0.5, 0.6) is 0 Å². The maximum absolute atomic E-state index is 6.26. The summed E-state index contributed by atoms with van der Waals surface area (Å²) in [6.07, 6.45) is 9.16. The number of para-hydroxylation sites is 2. The number of likely N-dealkylation sites (N-methyl/N-ethyl adjacent to an activating group) is 1. The van der Waals surface area contributed by atoms with Gasteiger partial charge in [0.15, 0.2) is 0 Å². The lowest BCUT2D eigenvalue weighted by atomic mass is 10.1. The van der Waals surface area contributed by atoms with Crippen molar-refractivity contribution < 1.29 is 4.74 Å². The van der Waals surface area contributed by atoms with E-state index in [1.165, 1.54) is 5.56 Å². The number of hydrogen-bond acceptors (Lipinski definition) is 5. The van der Waals surface area contributed by atoms with E-state index in [0.29, 0.717) is 0 Å². The molecule has 134 valence electrons. The molecule has 1 aliphatic rings. The second-order valence-corrected chi connectivity index (χ2v) is 7.07. The van der Waals surface area contributed by atoms with Crippen LogP contribution in [0.1, 0.15) is 24.1 Å². The molecule has 26 heavy (non-hydrogen) atoms. The van der Waals surface area contributed by atoms with E-state index in [1.54, 1.807) is 0 Å². The van der Waals surface area contributed by atoms with E-state index in [1.807, 2.05) is 48.9 Å². The van der Waals surface area contributed by atoms with Crippen molar-refractivity contribution >= 4 is 11.0 Å². The van der Waals surface area contributed by atoms with Crippen LogP contribution < -0.4 is 0 Å². The summed E-state index contributed by atoms with van der Waals surface area (Å²) in [6.45, 7) is 1.84. The second kappa shape index (κ2) is 7.89. The van der Waals surface area contributed by atoms with Crippen LogP contribution in [0.2, 0.25) is 0 Å². The number of pyridine rings is 1. The Labute approximate surface area is 154 Å². The van der Waals surface area contributed by atoms with Crippen LogP contribution in [-0.4, -0.2) is 45.7 Å². The molecule has 5 nitrogen and oxygen atoms in total. The molecule has 0 bridgehead atoms. The first-order valence-corrected chi connectivity index (χ1v) is 9.20. The molecule has 1 aromatic carbocycles. The van der Waals surface area contributed by atoms with Crippen molar-refractivity contribution in [2.45, 2.75) is 38.0 Å². The SMILES string of the molecule is CN(Cc1cccnc1)C[C@H]1CC[C@@H](Cc2cnc3ccccc3n2)O1. The van der Waals surface area contributed by atoms with Gasteiger partial charge in [0.1, 0.15) is 0 Å². The Morgan fingerprint density at radius 2 is 1.88 bits per heavy atom. The molecule has 0 spiro atoms. The highest BCUT2D eigenvalue weighted by molar-refractivity contribution is 5.73. The lowest BCUT2D eigenvalue weighted by molar-refractivity contribution is 0.0263. The maximum Gasteiger partial charge on any atom is 0.0890 e. The van der Waals surface area contributed by atoms with Crippen LogP contribution in [0.25, 0.3) is 11.0 Å². The van der Waals surface area contributed by atoms with Crippen LogP contribution in [0, 0.1) is 0 Å². The quantitative estimate of drug-likeness (QED) is 0.684. The summed E-state index contributed by atoms with van der Waals surface area (Å²) in [5.41, 5.74) is 4.14. The molecule has 2 aromatic heterocycles. The minimum atomic E-state index is 0.238. The largest absolute Gasteiger partial charge is 0.373 e. The molecule has 0 radical (unpaired) electrons. The Kier molecular flexibility index (Phi) is 5.18. The molecule has 4 rings (SSSR count). The van der Waals surface area contributed by atoms with E-state index in [0.717, 1.165) is 49.1 Å². The van der Waals surface area contributed by atoms with Crippen molar-refractivity contribution in [1.29, 1.82) is 0 Å². The lowest BCUT2D eigenvalue weighted by Gasteiger charge is -2.21. The van der Waals surface area contributed by atoms with Gasteiger partial charge in [0, 0.05) is 38.1 Å². The monoisotopic (exact) mass is 348 g/mol. The van der Waals surface area contributed by atoms with Gasteiger partial charge < -0.3 is 4.74 Å². The van der Waals surface area contributed by atoms with Crippen molar-refractivity contribution in [2.24, 2.45) is 0 Å². The molecule has 0 saturated carbocycles. The van der Waals surface area contributed by atoms with E-state index in [2.05, 4.69) is 28.0 Å². The highest BCUT2D eigenvalue weighted by Crippen LogP contribution is 2.23. The number of fused-ring (bicyclic) bond motifs is 1. The van der Waals surface area contributed by atoms with Gasteiger partial charge in [-0.3, -0.25) is 14.9 Å². The van der Waals surface area contributed by atoms with Gasteiger partial charge in [-0.05, 0) is 43.7 Å². The summed E-state index contributed by atoms with van der Waals surface area (Å²) in [5, 5.41) is 0. The Morgan fingerprint density at radius 1 is 1.04 bits per heavy atom. The van der Waals surface area contributed by atoms with Crippen molar-refractivity contribution in [3.05, 3.63) is 66.2 Å². The lowest BCUT2D eigenvalue weighted by Crippen LogP contribution is -2.29. The van der Waals surface area contributed by atoms with E-state index >= 15 is 0 Å². The summed E-state index contributed by atoms with van der Waals surface area (Å²) in [7, 11) is 2.14. The predicted molar refractivity (Wildman–Crippen MR) is 102 cm³/mol. The number of ether oxygens (including phenoxy) is 1. The summed E-state index contributed by atoms with van der Waals surface area (Å²) in [4.78, 5) is 15.7. The van der Waals surface area contributed by atoms with Crippen LogP contribution >= 0.6 is 0 Å². The Bertz CT molecular complexity index is 855. The van der Waals surface area contributed by atoms with Crippen molar-refractivity contribution in [1.82, 2.24) is 19.9 Å². The highest BCUT2D eigenvalue weighted by atomic mass is 16.5. The van der Waals surface area contributed by atoms with Gasteiger partial charge in [0.25, 0.3) is 0 Å². The van der Waals surface area contributed by atoms with Crippen molar-refractivity contribution in [3.8, 4) is 0 Å². The minimum Gasteiger partial charge on any atom is -0.373 e. The first-order chi connectivity index (χ1) is 12.8. The highest BCUT2D eigenvalue weighted by Gasteiger charge is 2.26. The zero-order valence-electron chi connectivity index (χ0n) is 15.1. The zero-order valence-corrected chi connectivity index (χ0v) is 15.1. The molecule has 3 aromatic rings. The maximum atomic E-state index is 6.26. The van der Waals surface area contributed by atoms with Gasteiger partial charge in [-0.1, -0.05) is 18.2 Å². The summed E-state index contributed by atoms with van der Waals surface area (Å²) >= 11 is 0. The summed E-state index contributed by atoms with van der Waals surface area (Å²) in [6, 6.07) is 12.1. The van der Waals surface area contributed by atoms with Gasteiger partial charge in [-0.15, -0.1) is 0 Å². The molecular formula is C21H24N4O. The van der Waals surface area contributed by atoms with E-state index in [4.69, 9.17) is 9.72 Å². The van der Waals surface area contributed by atoms with Gasteiger partial charge in [-0.25, -0.2) is 4.98 Å². The zero-order chi connectivity index (χ0) is 17.8. The Morgan fingerprint density at radius 3 is 2.73 bits per heavy atom. The molecule has 0 aliphatic carbocycles. The number of rotatable bonds is 6.